The smallest absolute Gasteiger partial charge is 0.234 e. The van der Waals surface area contributed by atoms with Gasteiger partial charge in [-0.25, -0.2) is 0 Å². The minimum atomic E-state index is 0.123. The van der Waals surface area contributed by atoms with Crippen LogP contribution in [0.25, 0.3) is 0 Å². The summed E-state index contributed by atoms with van der Waals surface area (Å²) in [6.07, 6.45) is 2.40. The molecule has 24 heavy (non-hydrogen) atoms. The number of hydrogen-bond acceptors (Lipinski definition) is 4. The normalized spacial score (nSPS) is 22.6. The van der Waals surface area contributed by atoms with E-state index >= 15 is 0 Å². The Hall–Kier alpha value is -1.43. The molecule has 0 aliphatic carbocycles. The number of nitrogens with one attached hydrogen (secondary N) is 1. The molecule has 0 spiro atoms. The Balaban J connectivity index is 1.35. The van der Waals surface area contributed by atoms with Gasteiger partial charge in [-0.05, 0) is 30.9 Å². The standard InChI is InChI=1S/C19H29N3O2/c1-16-5-2-3-6-17(16)14-21-8-10-22(11-9-21)15-19(23)20-13-18-7-4-12-24-18/h2-3,5-6,18H,4,7-15H2,1H3,(H,20,23)/t18-/m1/s1. The summed E-state index contributed by atoms with van der Waals surface area (Å²) in [5, 5.41) is 3.01. The Morgan fingerprint density at radius 3 is 2.67 bits per heavy atom. The van der Waals surface area contributed by atoms with Crippen LogP contribution in [-0.4, -0.2) is 67.7 Å². The second-order valence-corrected chi connectivity index (χ2v) is 6.92. The molecule has 0 bridgehead atoms. The molecule has 2 fully saturated rings. The van der Waals surface area contributed by atoms with Gasteiger partial charge in [0, 0.05) is 45.9 Å². The largest absolute Gasteiger partial charge is 0.376 e. The summed E-state index contributed by atoms with van der Waals surface area (Å²) in [6.45, 7) is 9.13. The average Bonchev–Trinajstić information content (AvgIpc) is 3.10. The van der Waals surface area contributed by atoms with E-state index in [0.29, 0.717) is 13.1 Å². The molecule has 1 N–H and O–H groups in total. The van der Waals surface area contributed by atoms with Gasteiger partial charge in [0.15, 0.2) is 0 Å². The first-order valence-corrected chi connectivity index (χ1v) is 9.08. The van der Waals surface area contributed by atoms with Crippen molar-refractivity contribution in [3.63, 3.8) is 0 Å². The van der Waals surface area contributed by atoms with Gasteiger partial charge < -0.3 is 10.1 Å². The SMILES string of the molecule is Cc1ccccc1CN1CCN(CC(=O)NC[C@H]2CCCO2)CC1. The van der Waals surface area contributed by atoms with Crippen LogP contribution in [0.5, 0.6) is 0 Å². The van der Waals surface area contributed by atoms with Crippen molar-refractivity contribution < 1.29 is 9.53 Å². The molecular weight excluding hydrogens is 302 g/mol. The van der Waals surface area contributed by atoms with E-state index in [1.807, 2.05) is 0 Å². The summed E-state index contributed by atoms with van der Waals surface area (Å²) in [5.41, 5.74) is 2.76. The number of ether oxygens (including phenoxy) is 1. The molecule has 132 valence electrons. The highest BCUT2D eigenvalue weighted by Crippen LogP contribution is 2.13. The van der Waals surface area contributed by atoms with Gasteiger partial charge in [-0.2, -0.15) is 0 Å². The molecule has 0 radical (unpaired) electrons. The van der Waals surface area contributed by atoms with Crippen molar-refractivity contribution in [3.8, 4) is 0 Å². The Kier molecular flexibility index (Phi) is 6.24. The van der Waals surface area contributed by atoms with Gasteiger partial charge in [0.2, 0.25) is 5.91 Å². The number of rotatable bonds is 6. The van der Waals surface area contributed by atoms with Crippen molar-refractivity contribution in [3.05, 3.63) is 35.4 Å². The van der Waals surface area contributed by atoms with Gasteiger partial charge in [-0.15, -0.1) is 0 Å². The summed E-state index contributed by atoms with van der Waals surface area (Å²) < 4.78 is 5.54. The molecule has 0 saturated carbocycles. The lowest BCUT2D eigenvalue weighted by Gasteiger charge is -2.34. The Labute approximate surface area is 145 Å². The van der Waals surface area contributed by atoms with Gasteiger partial charge in [0.25, 0.3) is 0 Å². The van der Waals surface area contributed by atoms with Gasteiger partial charge in [0.05, 0.1) is 12.6 Å². The molecule has 1 amide bonds. The third kappa shape index (κ3) is 5.03. The third-order valence-electron chi connectivity index (χ3n) is 5.04. The molecule has 0 aromatic heterocycles. The quantitative estimate of drug-likeness (QED) is 0.856. The zero-order valence-electron chi connectivity index (χ0n) is 14.7. The van der Waals surface area contributed by atoms with Gasteiger partial charge >= 0.3 is 0 Å². The first-order chi connectivity index (χ1) is 11.7. The fraction of sp³-hybridized carbons (Fsp3) is 0.632. The lowest BCUT2D eigenvalue weighted by Crippen LogP contribution is -2.49. The van der Waals surface area contributed by atoms with Gasteiger partial charge in [-0.3, -0.25) is 14.6 Å². The number of carbonyl (C=O) groups excluding carboxylic acids is 1. The van der Waals surface area contributed by atoms with E-state index in [9.17, 15) is 4.79 Å². The molecule has 1 aromatic carbocycles. The van der Waals surface area contributed by atoms with E-state index in [1.165, 1.54) is 11.1 Å². The van der Waals surface area contributed by atoms with Gasteiger partial charge in [-0.1, -0.05) is 24.3 Å². The summed E-state index contributed by atoms with van der Waals surface area (Å²) in [6, 6.07) is 8.58. The maximum atomic E-state index is 12.1. The first kappa shape index (κ1) is 17.4. The highest BCUT2D eigenvalue weighted by molar-refractivity contribution is 5.78. The molecule has 2 heterocycles. The third-order valence-corrected chi connectivity index (χ3v) is 5.04. The fourth-order valence-corrected chi connectivity index (χ4v) is 3.43. The van der Waals surface area contributed by atoms with Crippen LogP contribution >= 0.6 is 0 Å². The molecule has 5 heteroatoms. The molecule has 3 rings (SSSR count). The lowest BCUT2D eigenvalue weighted by molar-refractivity contribution is -0.123. The number of amides is 1. The van der Waals surface area contributed by atoms with Crippen LogP contribution in [0.15, 0.2) is 24.3 Å². The van der Waals surface area contributed by atoms with Crippen LogP contribution in [-0.2, 0) is 16.1 Å². The number of carbonyl (C=O) groups is 1. The number of hydrogen-bond donors (Lipinski definition) is 1. The number of piperazine rings is 1. The van der Waals surface area contributed by atoms with Crippen LogP contribution in [0.4, 0.5) is 0 Å². The van der Waals surface area contributed by atoms with Crippen molar-refractivity contribution in [2.45, 2.75) is 32.4 Å². The predicted molar refractivity (Wildman–Crippen MR) is 94.9 cm³/mol. The van der Waals surface area contributed by atoms with Crippen LogP contribution in [0.3, 0.4) is 0 Å². The van der Waals surface area contributed by atoms with E-state index in [1.54, 1.807) is 0 Å². The summed E-state index contributed by atoms with van der Waals surface area (Å²) >= 11 is 0. The fourth-order valence-electron chi connectivity index (χ4n) is 3.43. The van der Waals surface area contributed by atoms with Crippen LogP contribution in [0.1, 0.15) is 24.0 Å². The molecule has 2 aliphatic heterocycles. The maximum absolute atomic E-state index is 12.1. The van der Waals surface area contributed by atoms with E-state index in [0.717, 1.165) is 52.2 Å². The van der Waals surface area contributed by atoms with Gasteiger partial charge in [0.1, 0.15) is 0 Å². The van der Waals surface area contributed by atoms with Crippen LogP contribution < -0.4 is 5.32 Å². The van der Waals surface area contributed by atoms with Crippen LogP contribution in [0.2, 0.25) is 0 Å². The predicted octanol–water partition coefficient (Wildman–Crippen LogP) is 1.41. The average molecular weight is 331 g/mol. The first-order valence-electron chi connectivity index (χ1n) is 9.08. The molecule has 1 atom stereocenters. The molecular formula is C19H29N3O2. The lowest BCUT2D eigenvalue weighted by atomic mass is 10.1. The summed E-state index contributed by atoms with van der Waals surface area (Å²) in [7, 11) is 0. The van der Waals surface area contributed by atoms with E-state index in [-0.39, 0.29) is 12.0 Å². The minimum Gasteiger partial charge on any atom is -0.376 e. The van der Waals surface area contributed by atoms with Crippen molar-refractivity contribution in [1.29, 1.82) is 0 Å². The number of nitrogens with zero attached hydrogens (tertiary/aromatic N) is 2. The highest BCUT2D eigenvalue weighted by atomic mass is 16.5. The van der Waals surface area contributed by atoms with Crippen molar-refractivity contribution in [2.24, 2.45) is 0 Å². The monoisotopic (exact) mass is 331 g/mol. The van der Waals surface area contributed by atoms with Crippen molar-refractivity contribution in [1.82, 2.24) is 15.1 Å². The molecule has 0 unspecified atom stereocenters. The maximum Gasteiger partial charge on any atom is 0.234 e. The summed E-state index contributed by atoms with van der Waals surface area (Å²) in [4.78, 5) is 16.8. The highest BCUT2D eigenvalue weighted by Gasteiger charge is 2.20. The van der Waals surface area contributed by atoms with E-state index in [4.69, 9.17) is 4.74 Å². The number of aryl methyl sites for hydroxylation is 1. The molecule has 2 saturated heterocycles. The Morgan fingerprint density at radius 1 is 1.21 bits per heavy atom. The van der Waals surface area contributed by atoms with Crippen LogP contribution in [0, 0.1) is 6.92 Å². The van der Waals surface area contributed by atoms with Crippen molar-refractivity contribution >= 4 is 5.91 Å². The second-order valence-electron chi connectivity index (χ2n) is 6.92. The summed E-state index contributed by atoms with van der Waals surface area (Å²) in [5.74, 6) is 0.123. The topological polar surface area (TPSA) is 44.8 Å². The minimum absolute atomic E-state index is 0.123. The molecule has 1 aromatic rings. The van der Waals surface area contributed by atoms with E-state index < -0.39 is 0 Å². The molecule has 5 nitrogen and oxygen atoms in total. The zero-order chi connectivity index (χ0) is 16.8. The Bertz CT molecular complexity index is 535. The Morgan fingerprint density at radius 2 is 1.96 bits per heavy atom. The second kappa shape index (κ2) is 8.60. The van der Waals surface area contributed by atoms with E-state index in [2.05, 4.69) is 46.3 Å². The number of benzene rings is 1. The molecule has 2 aliphatic rings. The zero-order valence-corrected chi connectivity index (χ0v) is 14.7. The van der Waals surface area contributed by atoms with Crippen molar-refractivity contribution in [2.75, 3.05) is 45.9 Å².